The number of nitrogens with zero attached hydrogens (tertiary/aromatic N) is 2. The Labute approximate surface area is 162 Å². The fourth-order valence-electron chi connectivity index (χ4n) is 3.67. The van der Waals surface area contributed by atoms with Crippen molar-refractivity contribution >= 4 is 22.5 Å². The van der Waals surface area contributed by atoms with Crippen molar-refractivity contribution in [2.24, 2.45) is 10.9 Å². The summed E-state index contributed by atoms with van der Waals surface area (Å²) in [4.78, 5) is 16.2. The van der Waals surface area contributed by atoms with Gasteiger partial charge in [-0.05, 0) is 43.0 Å². The number of benzene rings is 2. The molecule has 0 unspecified atom stereocenters. The Morgan fingerprint density at radius 3 is 2.54 bits per heavy atom. The predicted octanol–water partition coefficient (Wildman–Crippen LogP) is 3.00. The van der Waals surface area contributed by atoms with Crippen LogP contribution >= 0.6 is 0 Å². The van der Waals surface area contributed by atoms with E-state index in [1.165, 1.54) is 0 Å². The minimum atomic E-state index is -0.811. The van der Waals surface area contributed by atoms with Crippen LogP contribution in [0.3, 0.4) is 0 Å². The van der Waals surface area contributed by atoms with Gasteiger partial charge in [0.1, 0.15) is 0 Å². The number of oxime groups is 1. The van der Waals surface area contributed by atoms with Crippen molar-refractivity contribution in [2.45, 2.75) is 26.8 Å². The van der Waals surface area contributed by atoms with E-state index in [0.717, 1.165) is 33.3 Å². The molecule has 2 aromatic carbocycles. The Morgan fingerprint density at radius 2 is 1.93 bits per heavy atom. The third-order valence-electron chi connectivity index (χ3n) is 4.87. The molecule has 1 amide bonds. The van der Waals surface area contributed by atoms with Crippen molar-refractivity contribution in [3.8, 4) is 0 Å². The molecule has 146 valence electrons. The van der Waals surface area contributed by atoms with Gasteiger partial charge in [0.25, 0.3) is 5.91 Å². The number of hydrogen-bond acceptors (Lipinski definition) is 5. The van der Waals surface area contributed by atoms with Crippen LogP contribution in [-0.2, 0) is 22.6 Å². The molecular formula is C21H23N3O4. The fourth-order valence-corrected chi connectivity index (χ4v) is 3.67. The molecule has 0 saturated carbocycles. The molecule has 0 aliphatic carbocycles. The van der Waals surface area contributed by atoms with E-state index in [0.29, 0.717) is 18.5 Å². The zero-order chi connectivity index (χ0) is 20.3. The summed E-state index contributed by atoms with van der Waals surface area (Å²) in [5.41, 5.74) is 10.4. The van der Waals surface area contributed by atoms with E-state index in [1.54, 1.807) is 0 Å². The van der Waals surface area contributed by atoms with Gasteiger partial charge in [-0.1, -0.05) is 41.6 Å². The molecule has 0 spiro atoms. The molecule has 0 radical (unpaired) electrons. The maximum Gasteiger partial charge on any atom is 0.271 e. The van der Waals surface area contributed by atoms with Gasteiger partial charge >= 0.3 is 0 Å². The van der Waals surface area contributed by atoms with Crippen molar-refractivity contribution in [3.63, 3.8) is 0 Å². The molecule has 0 aliphatic heterocycles. The molecule has 28 heavy (non-hydrogen) atoms. The molecule has 1 aromatic heterocycles. The Balaban J connectivity index is 2.33. The minimum absolute atomic E-state index is 0.100. The van der Waals surface area contributed by atoms with Gasteiger partial charge in [0.05, 0.1) is 6.61 Å². The summed E-state index contributed by atoms with van der Waals surface area (Å²) in [5, 5.41) is 22.2. The lowest BCUT2D eigenvalue weighted by Gasteiger charge is -2.10. The van der Waals surface area contributed by atoms with Gasteiger partial charge in [-0.25, -0.2) is 4.89 Å². The number of aryl methyl sites for hydroxylation is 1. The number of aromatic nitrogens is 1. The highest BCUT2D eigenvalue weighted by Crippen LogP contribution is 2.32. The maximum atomic E-state index is 11.9. The highest BCUT2D eigenvalue weighted by Gasteiger charge is 2.25. The zero-order valence-electron chi connectivity index (χ0n) is 15.8. The number of fused-ring (bicyclic) bond motifs is 1. The number of amides is 1. The summed E-state index contributed by atoms with van der Waals surface area (Å²) in [6.45, 7) is 4.53. The van der Waals surface area contributed by atoms with Crippen molar-refractivity contribution in [3.05, 3.63) is 70.4 Å². The molecule has 0 saturated heterocycles. The highest BCUT2D eigenvalue weighted by molar-refractivity contribution is 6.47. The van der Waals surface area contributed by atoms with Gasteiger partial charge in [0, 0.05) is 28.7 Å². The Kier molecular flexibility index (Phi) is 5.77. The monoisotopic (exact) mass is 381 g/mol. The Bertz CT molecular complexity index is 1040. The Hall–Kier alpha value is -3.16. The molecular weight excluding hydrogens is 358 g/mol. The quantitative estimate of drug-likeness (QED) is 0.253. The van der Waals surface area contributed by atoms with Gasteiger partial charge in [-0.2, -0.15) is 0 Å². The van der Waals surface area contributed by atoms with Crippen LogP contribution < -0.4 is 5.73 Å². The van der Waals surface area contributed by atoms with Crippen LogP contribution in [0.4, 0.5) is 0 Å². The minimum Gasteiger partial charge on any atom is -0.410 e. The van der Waals surface area contributed by atoms with Crippen LogP contribution in [0.25, 0.3) is 10.9 Å². The number of primary amides is 1. The number of rotatable bonds is 7. The second kappa shape index (κ2) is 8.24. The summed E-state index contributed by atoms with van der Waals surface area (Å²) in [6.07, 6.45) is 0.425. The second-order valence-electron chi connectivity index (χ2n) is 6.75. The van der Waals surface area contributed by atoms with Crippen LogP contribution in [0.15, 0.2) is 47.6 Å². The maximum absolute atomic E-state index is 11.9. The lowest BCUT2D eigenvalue weighted by atomic mass is 9.97. The van der Waals surface area contributed by atoms with E-state index in [9.17, 15) is 10.0 Å². The van der Waals surface area contributed by atoms with Gasteiger partial charge in [-0.15, -0.1) is 0 Å². The second-order valence-corrected chi connectivity index (χ2v) is 6.75. The van der Waals surface area contributed by atoms with Gasteiger partial charge in [0.2, 0.25) is 0 Å². The highest BCUT2D eigenvalue weighted by atomic mass is 17.1. The van der Waals surface area contributed by atoms with Crippen LogP contribution in [0, 0.1) is 13.8 Å². The average molecular weight is 381 g/mol. The van der Waals surface area contributed by atoms with Crippen LogP contribution in [-0.4, -0.2) is 33.3 Å². The molecule has 0 aliphatic rings. The summed E-state index contributed by atoms with van der Waals surface area (Å²) in [5.74, 6) is -0.811. The van der Waals surface area contributed by atoms with E-state index in [1.807, 2.05) is 56.3 Å². The van der Waals surface area contributed by atoms with Crippen molar-refractivity contribution in [1.29, 1.82) is 0 Å². The molecule has 1 heterocycles. The third kappa shape index (κ3) is 3.62. The lowest BCUT2D eigenvalue weighted by Crippen LogP contribution is -2.25. The SMILES string of the molecule is Cc1cc(CCOO)c2c(/C(=N/O)C(N)=O)c(C)n(Cc3ccccc3)c2c1. The first-order valence-corrected chi connectivity index (χ1v) is 8.92. The van der Waals surface area contributed by atoms with E-state index in [-0.39, 0.29) is 12.3 Å². The summed E-state index contributed by atoms with van der Waals surface area (Å²) in [7, 11) is 0. The number of nitrogens with two attached hydrogens (primary N) is 1. The normalized spacial score (nSPS) is 11.9. The van der Waals surface area contributed by atoms with Gasteiger partial charge in [0.15, 0.2) is 5.71 Å². The number of carbonyl (C=O) groups excluding carboxylic acids is 1. The molecule has 0 bridgehead atoms. The Morgan fingerprint density at radius 1 is 1.21 bits per heavy atom. The van der Waals surface area contributed by atoms with Crippen LogP contribution in [0.1, 0.15) is 27.9 Å². The average Bonchev–Trinajstić information content (AvgIpc) is 2.93. The van der Waals surface area contributed by atoms with E-state index < -0.39 is 5.91 Å². The van der Waals surface area contributed by atoms with Crippen molar-refractivity contribution < 1.29 is 20.1 Å². The summed E-state index contributed by atoms with van der Waals surface area (Å²) < 4.78 is 2.07. The molecule has 7 nitrogen and oxygen atoms in total. The molecule has 3 aromatic rings. The van der Waals surface area contributed by atoms with E-state index in [4.69, 9.17) is 11.0 Å². The van der Waals surface area contributed by atoms with Crippen LogP contribution in [0.5, 0.6) is 0 Å². The fraction of sp³-hybridized carbons (Fsp3) is 0.238. The number of carbonyl (C=O) groups is 1. The summed E-state index contributed by atoms with van der Waals surface area (Å²) in [6, 6.07) is 13.9. The smallest absolute Gasteiger partial charge is 0.271 e. The topological polar surface area (TPSA) is 110 Å². The standard InChI is InChI=1S/C21H23N3O4/c1-13-10-16(8-9-28-27)19-17(11-13)24(12-15-6-4-3-5-7-15)14(2)18(19)20(23-26)21(22)25/h3-7,10-11,26-27H,8-9,12H2,1-2H3,(H2,22,25)/b23-20-. The first-order valence-electron chi connectivity index (χ1n) is 8.92. The predicted molar refractivity (Wildman–Crippen MR) is 107 cm³/mol. The molecule has 4 N–H and O–H groups in total. The largest absolute Gasteiger partial charge is 0.410 e. The first kappa shape index (κ1) is 19.6. The number of hydrogen-bond donors (Lipinski definition) is 3. The van der Waals surface area contributed by atoms with E-state index in [2.05, 4.69) is 14.6 Å². The molecule has 3 rings (SSSR count). The van der Waals surface area contributed by atoms with Crippen molar-refractivity contribution in [2.75, 3.05) is 6.61 Å². The summed E-state index contributed by atoms with van der Waals surface area (Å²) >= 11 is 0. The van der Waals surface area contributed by atoms with E-state index >= 15 is 0 Å². The third-order valence-corrected chi connectivity index (χ3v) is 4.87. The lowest BCUT2D eigenvalue weighted by molar-refractivity contribution is -0.241. The van der Waals surface area contributed by atoms with Crippen molar-refractivity contribution in [1.82, 2.24) is 4.57 Å². The molecule has 0 atom stereocenters. The molecule has 0 fully saturated rings. The molecule has 7 heteroatoms. The zero-order valence-corrected chi connectivity index (χ0v) is 15.8. The van der Waals surface area contributed by atoms with Gasteiger partial charge in [-0.3, -0.25) is 10.1 Å². The van der Waals surface area contributed by atoms with Gasteiger partial charge < -0.3 is 15.5 Å². The van der Waals surface area contributed by atoms with Crippen LogP contribution in [0.2, 0.25) is 0 Å². The first-order chi connectivity index (χ1) is 13.5.